The van der Waals surface area contributed by atoms with Crippen molar-refractivity contribution in [3.63, 3.8) is 0 Å². The number of halogens is 1. The van der Waals surface area contributed by atoms with Gasteiger partial charge in [-0.3, -0.25) is 9.79 Å². The number of carbonyl (C=O) groups is 1. The van der Waals surface area contributed by atoms with E-state index in [0.717, 1.165) is 42.9 Å². The van der Waals surface area contributed by atoms with Crippen LogP contribution in [0, 0.1) is 17.7 Å². The van der Waals surface area contributed by atoms with Crippen molar-refractivity contribution >= 4 is 28.3 Å². The molecule has 2 saturated heterocycles. The second-order valence-corrected chi connectivity index (χ2v) is 10.1. The molecule has 8 nitrogen and oxygen atoms in total. The third-order valence-electron chi connectivity index (χ3n) is 7.81. The number of fused-ring (bicyclic) bond motifs is 2. The van der Waals surface area contributed by atoms with E-state index < -0.39 is 5.82 Å². The molecule has 3 aromatic rings. The molecule has 2 fully saturated rings. The number of aliphatic imine (C=N–C) groups is 1. The van der Waals surface area contributed by atoms with Crippen LogP contribution < -0.4 is 20.1 Å². The predicted octanol–water partition coefficient (Wildman–Crippen LogP) is 3.47. The lowest BCUT2D eigenvalue weighted by molar-refractivity contribution is -0.137. The average molecular weight is 504 g/mol. The molecule has 37 heavy (non-hydrogen) atoms. The van der Waals surface area contributed by atoms with E-state index in [1.807, 2.05) is 42.3 Å². The van der Waals surface area contributed by atoms with E-state index in [9.17, 15) is 9.18 Å². The number of aromatic nitrogens is 1. The van der Waals surface area contributed by atoms with E-state index >= 15 is 0 Å². The third kappa shape index (κ3) is 4.22. The zero-order chi connectivity index (χ0) is 25.7. The van der Waals surface area contributed by atoms with E-state index in [2.05, 4.69) is 9.89 Å². The van der Waals surface area contributed by atoms with Crippen molar-refractivity contribution in [3.8, 4) is 22.8 Å². The standard InChI is InChI=1S/C28H30FN5O3/c1-33-10-8-17-14-34(15-20(17)28(33)35)24-12-22(32-23-13-26(36-2)21(29)11-19(23)24)16-3-5-18(6-4-16)37-25-7-9-31-27(25)30/h3-6,11-13,17,20,25H,7-10,14-15H2,1-2H3,(H2,30,31). The maximum atomic E-state index is 14.8. The predicted molar refractivity (Wildman–Crippen MR) is 141 cm³/mol. The summed E-state index contributed by atoms with van der Waals surface area (Å²) in [5.41, 5.74) is 9.09. The van der Waals surface area contributed by atoms with Gasteiger partial charge in [-0.1, -0.05) is 0 Å². The molecule has 1 aromatic heterocycles. The molecule has 3 aliphatic rings. The summed E-state index contributed by atoms with van der Waals surface area (Å²) < 4.78 is 26.0. The van der Waals surface area contributed by atoms with Crippen molar-refractivity contribution < 1.29 is 18.7 Å². The van der Waals surface area contributed by atoms with E-state index in [4.69, 9.17) is 20.2 Å². The number of pyridine rings is 1. The van der Waals surface area contributed by atoms with Crippen LogP contribution in [0.1, 0.15) is 12.8 Å². The largest absolute Gasteiger partial charge is 0.494 e. The van der Waals surface area contributed by atoms with Crippen LogP contribution in [-0.4, -0.2) is 68.1 Å². The van der Waals surface area contributed by atoms with Crippen LogP contribution in [-0.2, 0) is 4.79 Å². The molecule has 1 amide bonds. The number of benzene rings is 2. The van der Waals surface area contributed by atoms with Gasteiger partial charge in [0.2, 0.25) is 5.91 Å². The number of methoxy groups -OCH3 is 1. The number of ether oxygens (including phenoxy) is 2. The van der Waals surface area contributed by atoms with Gasteiger partial charge in [-0.2, -0.15) is 0 Å². The first-order valence-corrected chi connectivity index (χ1v) is 12.7. The van der Waals surface area contributed by atoms with Crippen LogP contribution in [0.4, 0.5) is 10.1 Å². The minimum atomic E-state index is -0.436. The van der Waals surface area contributed by atoms with Crippen molar-refractivity contribution in [1.29, 1.82) is 0 Å². The maximum absolute atomic E-state index is 14.8. The fourth-order valence-electron chi connectivity index (χ4n) is 5.72. The number of anilines is 1. The second-order valence-electron chi connectivity index (χ2n) is 10.1. The molecule has 3 aliphatic heterocycles. The quantitative estimate of drug-likeness (QED) is 0.573. The van der Waals surface area contributed by atoms with Crippen molar-refractivity contribution in [3.05, 3.63) is 48.3 Å². The van der Waals surface area contributed by atoms with Crippen LogP contribution >= 0.6 is 0 Å². The summed E-state index contributed by atoms with van der Waals surface area (Å²) in [7, 11) is 3.31. The molecule has 2 aromatic carbocycles. The highest BCUT2D eigenvalue weighted by Crippen LogP contribution is 2.40. The molecule has 2 N–H and O–H groups in total. The fourth-order valence-corrected chi connectivity index (χ4v) is 5.72. The molecule has 0 spiro atoms. The zero-order valence-electron chi connectivity index (χ0n) is 21.0. The molecule has 6 rings (SSSR count). The Morgan fingerprint density at radius 3 is 2.65 bits per heavy atom. The number of nitrogens with zero attached hydrogens (tertiary/aromatic N) is 4. The van der Waals surface area contributed by atoms with Crippen molar-refractivity contribution in [2.75, 3.05) is 45.2 Å². The summed E-state index contributed by atoms with van der Waals surface area (Å²) in [6.07, 6.45) is 1.55. The molecule has 3 unspecified atom stereocenters. The number of hydrogen-bond donors (Lipinski definition) is 1. The molecule has 0 bridgehead atoms. The third-order valence-corrected chi connectivity index (χ3v) is 7.81. The van der Waals surface area contributed by atoms with E-state index in [-0.39, 0.29) is 23.7 Å². The van der Waals surface area contributed by atoms with Gasteiger partial charge in [0.05, 0.1) is 24.2 Å². The van der Waals surface area contributed by atoms with Crippen molar-refractivity contribution in [2.24, 2.45) is 22.6 Å². The van der Waals surface area contributed by atoms with Crippen molar-refractivity contribution in [1.82, 2.24) is 9.88 Å². The van der Waals surface area contributed by atoms with Gasteiger partial charge in [-0.25, -0.2) is 9.37 Å². The first-order valence-electron chi connectivity index (χ1n) is 12.7. The molecule has 4 heterocycles. The molecule has 0 saturated carbocycles. The lowest BCUT2D eigenvalue weighted by Crippen LogP contribution is -2.42. The van der Waals surface area contributed by atoms with Gasteiger partial charge in [-0.05, 0) is 48.7 Å². The van der Waals surface area contributed by atoms with Gasteiger partial charge in [0.1, 0.15) is 11.6 Å². The number of amides is 1. The first-order chi connectivity index (χ1) is 17.9. The van der Waals surface area contributed by atoms with Crippen LogP contribution in [0.3, 0.4) is 0 Å². The Bertz CT molecular complexity index is 1390. The fraction of sp³-hybridized carbons (Fsp3) is 0.393. The van der Waals surface area contributed by atoms with E-state index in [1.54, 1.807) is 6.07 Å². The topological polar surface area (TPSA) is 93.3 Å². The zero-order valence-corrected chi connectivity index (χ0v) is 21.0. The summed E-state index contributed by atoms with van der Waals surface area (Å²) in [6, 6.07) is 12.8. The monoisotopic (exact) mass is 503 g/mol. The molecule has 0 aliphatic carbocycles. The average Bonchev–Trinajstić information content (AvgIpc) is 3.52. The Hall–Kier alpha value is -3.88. The first kappa shape index (κ1) is 23.5. The number of amidine groups is 1. The van der Waals surface area contributed by atoms with Crippen LogP contribution in [0.2, 0.25) is 0 Å². The number of likely N-dealkylation sites (tertiary alicyclic amines) is 1. The summed E-state index contributed by atoms with van der Waals surface area (Å²) in [6.45, 7) is 2.82. The number of piperidine rings is 1. The normalized spacial score (nSPS) is 23.4. The van der Waals surface area contributed by atoms with Gasteiger partial charge in [0, 0.05) is 62.4 Å². The highest BCUT2D eigenvalue weighted by atomic mass is 19.1. The molecule has 192 valence electrons. The van der Waals surface area contributed by atoms with Gasteiger partial charge in [-0.15, -0.1) is 0 Å². The Kier molecular flexibility index (Phi) is 5.85. The molecule has 3 atom stereocenters. The van der Waals surface area contributed by atoms with Crippen LogP contribution in [0.25, 0.3) is 22.2 Å². The van der Waals surface area contributed by atoms with Crippen LogP contribution in [0.5, 0.6) is 11.5 Å². The van der Waals surface area contributed by atoms with Crippen molar-refractivity contribution in [2.45, 2.75) is 18.9 Å². The summed E-state index contributed by atoms with van der Waals surface area (Å²) in [5, 5.41) is 0.706. The Labute approximate surface area is 214 Å². The Balaban J connectivity index is 1.37. The second kappa shape index (κ2) is 9.21. The molecule has 0 radical (unpaired) electrons. The van der Waals surface area contributed by atoms with Gasteiger partial charge < -0.3 is 25.0 Å². The Morgan fingerprint density at radius 2 is 1.92 bits per heavy atom. The SMILES string of the molecule is COc1cc2nc(-c3ccc(OC4CCN=C4N)cc3)cc(N3CC4CCN(C)C(=O)C4C3)c2cc1F. The minimum Gasteiger partial charge on any atom is -0.494 e. The summed E-state index contributed by atoms with van der Waals surface area (Å²) >= 11 is 0. The summed E-state index contributed by atoms with van der Waals surface area (Å²) in [4.78, 5) is 25.9. The smallest absolute Gasteiger partial charge is 0.227 e. The highest BCUT2D eigenvalue weighted by molar-refractivity contribution is 5.96. The highest BCUT2D eigenvalue weighted by Gasteiger charge is 2.42. The van der Waals surface area contributed by atoms with E-state index in [1.165, 1.54) is 13.2 Å². The summed E-state index contributed by atoms with van der Waals surface area (Å²) in [5.74, 6) is 1.39. The minimum absolute atomic E-state index is 0.0449. The lowest BCUT2D eigenvalue weighted by Gasteiger charge is -2.30. The Morgan fingerprint density at radius 1 is 1.11 bits per heavy atom. The van der Waals surface area contributed by atoms with E-state index in [0.29, 0.717) is 41.5 Å². The molecular weight excluding hydrogens is 473 g/mol. The lowest BCUT2D eigenvalue weighted by atomic mass is 9.88. The number of carbonyl (C=O) groups excluding carboxylic acids is 1. The number of rotatable bonds is 5. The maximum Gasteiger partial charge on any atom is 0.227 e. The van der Waals surface area contributed by atoms with Gasteiger partial charge >= 0.3 is 0 Å². The number of nitrogens with two attached hydrogens (primary N) is 1. The molecular formula is C28H30FN5O3. The van der Waals surface area contributed by atoms with Crippen LogP contribution in [0.15, 0.2) is 47.5 Å². The molecule has 9 heteroatoms. The number of hydrogen-bond acceptors (Lipinski definition) is 7. The van der Waals surface area contributed by atoms with Gasteiger partial charge in [0.25, 0.3) is 0 Å². The van der Waals surface area contributed by atoms with Gasteiger partial charge in [0.15, 0.2) is 17.7 Å².